The van der Waals surface area contributed by atoms with Crippen molar-refractivity contribution in [3.8, 4) is 0 Å². The third-order valence-electron chi connectivity index (χ3n) is 3.20. The number of imide groups is 1. The number of nitrogens with one attached hydrogen (secondary N) is 1. The molecule has 1 unspecified atom stereocenters. The van der Waals surface area contributed by atoms with Crippen LogP contribution in [0.2, 0.25) is 0 Å². The highest BCUT2D eigenvalue weighted by atomic mass is 16.2. The van der Waals surface area contributed by atoms with E-state index in [1.54, 1.807) is 4.90 Å². The number of carbonyl (C=O) groups is 2. The number of carbonyl (C=O) groups excluding carboxylic acids is 2. The number of rotatable bonds is 4. The Balaban J connectivity index is 1.74. The highest BCUT2D eigenvalue weighted by molar-refractivity contribution is 5.97. The minimum absolute atomic E-state index is 0.0661. The first-order valence-corrected chi connectivity index (χ1v) is 5.76. The molecule has 2 fully saturated rings. The number of nitrogens with zero attached hydrogens (tertiary/aromatic N) is 1. The Bertz CT molecular complexity index is 274. The summed E-state index contributed by atoms with van der Waals surface area (Å²) in [4.78, 5) is 24.4. The van der Waals surface area contributed by atoms with Crippen molar-refractivity contribution in [2.45, 2.75) is 32.6 Å². The molecular formula is C11H18N2O2. The number of hydrogen-bond donors (Lipinski definition) is 1. The van der Waals surface area contributed by atoms with Crippen LogP contribution in [0.15, 0.2) is 0 Å². The van der Waals surface area contributed by atoms with E-state index < -0.39 is 0 Å². The fourth-order valence-electron chi connectivity index (χ4n) is 1.97. The second-order valence-corrected chi connectivity index (χ2v) is 4.73. The summed E-state index contributed by atoms with van der Waals surface area (Å²) in [7, 11) is 0. The van der Waals surface area contributed by atoms with E-state index in [1.165, 1.54) is 19.3 Å². The standard InChI is InChI=1S/C11H18N2O2/c1-8-7-13(11(15)12-10(8)14)6-2-3-9-4-5-9/h8-9H,2-7H2,1H3,(H,12,14,15). The van der Waals surface area contributed by atoms with Gasteiger partial charge in [-0.1, -0.05) is 19.8 Å². The lowest BCUT2D eigenvalue weighted by atomic mass is 10.1. The molecule has 0 radical (unpaired) electrons. The third-order valence-corrected chi connectivity index (χ3v) is 3.20. The van der Waals surface area contributed by atoms with Crippen molar-refractivity contribution in [3.63, 3.8) is 0 Å². The number of amides is 3. The van der Waals surface area contributed by atoms with Crippen molar-refractivity contribution < 1.29 is 9.59 Å². The SMILES string of the molecule is CC1CN(CCCC2CC2)C(=O)NC1=O. The maximum atomic E-state index is 11.4. The van der Waals surface area contributed by atoms with Gasteiger partial charge in [0.2, 0.25) is 5.91 Å². The summed E-state index contributed by atoms with van der Waals surface area (Å²) in [5, 5.41) is 2.38. The Hall–Kier alpha value is -1.06. The monoisotopic (exact) mass is 210 g/mol. The Morgan fingerprint density at radius 3 is 2.80 bits per heavy atom. The molecule has 15 heavy (non-hydrogen) atoms. The van der Waals surface area contributed by atoms with E-state index in [4.69, 9.17) is 0 Å². The molecule has 1 atom stereocenters. The van der Waals surface area contributed by atoms with Crippen LogP contribution in [0.4, 0.5) is 4.79 Å². The van der Waals surface area contributed by atoms with Crippen LogP contribution in [0.25, 0.3) is 0 Å². The topological polar surface area (TPSA) is 49.4 Å². The van der Waals surface area contributed by atoms with Crippen LogP contribution in [0.3, 0.4) is 0 Å². The molecule has 1 aliphatic carbocycles. The van der Waals surface area contributed by atoms with Gasteiger partial charge in [-0.25, -0.2) is 4.79 Å². The average Bonchev–Trinajstić information content (AvgIpc) is 2.97. The van der Waals surface area contributed by atoms with Crippen LogP contribution in [-0.4, -0.2) is 29.9 Å². The minimum atomic E-state index is -0.214. The van der Waals surface area contributed by atoms with Crippen LogP contribution < -0.4 is 5.32 Å². The van der Waals surface area contributed by atoms with Gasteiger partial charge in [0.1, 0.15) is 0 Å². The summed E-state index contributed by atoms with van der Waals surface area (Å²) < 4.78 is 0. The van der Waals surface area contributed by atoms with E-state index in [2.05, 4.69) is 5.32 Å². The fraction of sp³-hybridized carbons (Fsp3) is 0.818. The van der Waals surface area contributed by atoms with E-state index in [1.807, 2.05) is 6.92 Å². The molecule has 0 bridgehead atoms. The summed E-state index contributed by atoms with van der Waals surface area (Å²) in [5.74, 6) is 0.707. The lowest BCUT2D eigenvalue weighted by Gasteiger charge is -2.30. The minimum Gasteiger partial charge on any atom is -0.324 e. The summed E-state index contributed by atoms with van der Waals surface area (Å²) >= 11 is 0. The Morgan fingerprint density at radius 2 is 2.13 bits per heavy atom. The van der Waals surface area contributed by atoms with Crippen molar-refractivity contribution in [1.29, 1.82) is 0 Å². The molecule has 2 aliphatic rings. The molecule has 4 nitrogen and oxygen atoms in total. The van der Waals surface area contributed by atoms with Crippen LogP contribution in [0.1, 0.15) is 32.6 Å². The maximum Gasteiger partial charge on any atom is 0.324 e. The molecule has 0 aromatic rings. The van der Waals surface area contributed by atoms with Crippen molar-refractivity contribution >= 4 is 11.9 Å². The zero-order valence-electron chi connectivity index (χ0n) is 9.16. The van der Waals surface area contributed by atoms with Crippen molar-refractivity contribution in [3.05, 3.63) is 0 Å². The first-order chi connectivity index (χ1) is 7.16. The molecular weight excluding hydrogens is 192 g/mol. The van der Waals surface area contributed by atoms with Crippen LogP contribution >= 0.6 is 0 Å². The number of urea groups is 1. The van der Waals surface area contributed by atoms with Crippen LogP contribution in [0, 0.1) is 11.8 Å². The molecule has 2 rings (SSSR count). The summed E-state index contributed by atoms with van der Waals surface area (Å²) in [6, 6.07) is -0.214. The molecule has 1 saturated carbocycles. The molecule has 3 amide bonds. The molecule has 1 saturated heterocycles. The fourth-order valence-corrected chi connectivity index (χ4v) is 1.97. The molecule has 4 heteroatoms. The Kier molecular flexibility index (Phi) is 2.93. The Labute approximate surface area is 90.0 Å². The molecule has 1 heterocycles. The second kappa shape index (κ2) is 4.21. The van der Waals surface area contributed by atoms with Gasteiger partial charge < -0.3 is 4.90 Å². The normalized spacial score (nSPS) is 26.7. The van der Waals surface area contributed by atoms with E-state index in [9.17, 15) is 9.59 Å². The van der Waals surface area contributed by atoms with Gasteiger partial charge in [-0.3, -0.25) is 10.1 Å². The van der Waals surface area contributed by atoms with Gasteiger partial charge in [-0.05, 0) is 18.8 Å². The van der Waals surface area contributed by atoms with E-state index >= 15 is 0 Å². The van der Waals surface area contributed by atoms with Gasteiger partial charge in [0.25, 0.3) is 0 Å². The zero-order valence-corrected chi connectivity index (χ0v) is 9.16. The number of hydrogen-bond acceptors (Lipinski definition) is 2. The highest BCUT2D eigenvalue weighted by Gasteiger charge is 2.29. The molecule has 1 aliphatic heterocycles. The lowest BCUT2D eigenvalue weighted by Crippen LogP contribution is -2.53. The molecule has 84 valence electrons. The van der Waals surface area contributed by atoms with Crippen molar-refractivity contribution in [2.24, 2.45) is 11.8 Å². The summed E-state index contributed by atoms with van der Waals surface area (Å²) in [5.41, 5.74) is 0. The van der Waals surface area contributed by atoms with Gasteiger partial charge in [0.05, 0.1) is 5.92 Å². The van der Waals surface area contributed by atoms with Gasteiger partial charge in [0.15, 0.2) is 0 Å². The van der Waals surface area contributed by atoms with Gasteiger partial charge in [-0.15, -0.1) is 0 Å². The molecule has 0 spiro atoms. The third kappa shape index (κ3) is 2.70. The van der Waals surface area contributed by atoms with Crippen molar-refractivity contribution in [1.82, 2.24) is 10.2 Å². The molecule has 0 aromatic carbocycles. The summed E-state index contributed by atoms with van der Waals surface area (Å²) in [6.07, 6.45) is 5.02. The molecule has 1 N–H and O–H groups in total. The predicted molar refractivity (Wildman–Crippen MR) is 56.2 cm³/mol. The first kappa shape index (κ1) is 10.5. The lowest BCUT2D eigenvalue weighted by molar-refractivity contribution is -0.125. The highest BCUT2D eigenvalue weighted by Crippen LogP contribution is 2.33. The average molecular weight is 210 g/mol. The molecule has 0 aromatic heterocycles. The maximum absolute atomic E-state index is 11.4. The van der Waals surface area contributed by atoms with Crippen LogP contribution in [0.5, 0.6) is 0 Å². The van der Waals surface area contributed by atoms with E-state index in [0.717, 1.165) is 18.9 Å². The largest absolute Gasteiger partial charge is 0.324 e. The van der Waals surface area contributed by atoms with E-state index in [-0.39, 0.29) is 17.9 Å². The van der Waals surface area contributed by atoms with Gasteiger partial charge in [-0.2, -0.15) is 0 Å². The second-order valence-electron chi connectivity index (χ2n) is 4.73. The Morgan fingerprint density at radius 1 is 1.40 bits per heavy atom. The smallest absolute Gasteiger partial charge is 0.324 e. The van der Waals surface area contributed by atoms with Gasteiger partial charge in [0, 0.05) is 13.1 Å². The van der Waals surface area contributed by atoms with Crippen molar-refractivity contribution in [2.75, 3.05) is 13.1 Å². The first-order valence-electron chi connectivity index (χ1n) is 5.76. The van der Waals surface area contributed by atoms with Gasteiger partial charge >= 0.3 is 6.03 Å². The predicted octanol–water partition coefficient (Wildman–Crippen LogP) is 1.36. The quantitative estimate of drug-likeness (QED) is 0.761. The summed E-state index contributed by atoms with van der Waals surface area (Å²) in [6.45, 7) is 3.23. The zero-order chi connectivity index (χ0) is 10.8. The van der Waals surface area contributed by atoms with E-state index in [0.29, 0.717) is 6.54 Å². The van der Waals surface area contributed by atoms with Crippen LogP contribution in [-0.2, 0) is 4.79 Å².